The van der Waals surface area contributed by atoms with Crippen LogP contribution in [-0.4, -0.2) is 40.9 Å². The molecule has 5 nitrogen and oxygen atoms in total. The largest absolute Gasteiger partial charge is 0.406 e. The summed E-state index contributed by atoms with van der Waals surface area (Å²) < 4.78 is 37.4. The summed E-state index contributed by atoms with van der Waals surface area (Å²) in [4.78, 5) is 22.8. The number of nitro benzene ring substituents is 1. The average molecular weight is 325 g/mol. The van der Waals surface area contributed by atoms with Gasteiger partial charge in [-0.1, -0.05) is 6.07 Å². The zero-order chi connectivity index (χ0) is 16.2. The van der Waals surface area contributed by atoms with Gasteiger partial charge in [0.2, 0.25) is 0 Å². The molecule has 0 saturated carbocycles. The first-order valence-electron chi connectivity index (χ1n) is 5.83. The van der Waals surface area contributed by atoms with Crippen LogP contribution in [0.3, 0.4) is 0 Å². The summed E-state index contributed by atoms with van der Waals surface area (Å²) in [6, 6.07) is 3.69. The second-order valence-electron chi connectivity index (χ2n) is 4.24. The number of hydrogen-bond acceptors (Lipinski definition) is 3. The molecule has 0 aromatic heterocycles. The van der Waals surface area contributed by atoms with Crippen LogP contribution in [-0.2, 0) is 0 Å². The second-order valence-corrected chi connectivity index (χ2v) is 4.62. The lowest BCUT2D eigenvalue weighted by molar-refractivity contribution is -0.385. The van der Waals surface area contributed by atoms with Gasteiger partial charge in [-0.15, -0.1) is 11.6 Å². The lowest BCUT2D eigenvalue weighted by atomic mass is 10.1. The number of hydrogen-bond donors (Lipinski definition) is 0. The fourth-order valence-corrected chi connectivity index (χ4v) is 2.00. The number of carbonyl (C=O) groups excluding carboxylic acids is 1. The molecule has 1 rings (SSSR count). The maximum absolute atomic E-state index is 12.5. The first-order chi connectivity index (χ1) is 9.67. The van der Waals surface area contributed by atoms with Crippen molar-refractivity contribution in [3.05, 3.63) is 39.4 Å². The summed E-state index contributed by atoms with van der Waals surface area (Å²) in [5.41, 5.74) is -0.438. The Kier molecular flexibility index (Phi) is 5.54. The van der Waals surface area contributed by atoms with E-state index in [0.29, 0.717) is 4.90 Å². The highest BCUT2D eigenvalue weighted by atomic mass is 35.5. The van der Waals surface area contributed by atoms with Gasteiger partial charge in [0.15, 0.2) is 0 Å². The highest BCUT2D eigenvalue weighted by Gasteiger charge is 2.34. The Morgan fingerprint density at radius 2 is 2.05 bits per heavy atom. The molecule has 0 saturated heterocycles. The minimum atomic E-state index is -4.57. The van der Waals surface area contributed by atoms with Gasteiger partial charge in [-0.3, -0.25) is 14.9 Å². The van der Waals surface area contributed by atoms with Gasteiger partial charge in [0.05, 0.1) is 4.92 Å². The van der Waals surface area contributed by atoms with E-state index in [4.69, 9.17) is 11.6 Å². The standard InChI is InChI=1S/C12H12ClF3N2O3/c1-8-9(3-2-4-10(8)18(20)21)11(19)17(6-5-13)7-12(14,15)16/h2-4H,5-7H2,1H3. The summed E-state index contributed by atoms with van der Waals surface area (Å²) in [5, 5.41) is 10.8. The number of alkyl halides is 4. The van der Waals surface area contributed by atoms with E-state index in [1.807, 2.05) is 0 Å². The number of nitrogens with zero attached hydrogens (tertiary/aromatic N) is 2. The first kappa shape index (κ1) is 17.2. The molecule has 9 heteroatoms. The first-order valence-corrected chi connectivity index (χ1v) is 6.37. The molecule has 0 aliphatic carbocycles. The van der Waals surface area contributed by atoms with Gasteiger partial charge >= 0.3 is 6.18 Å². The second kappa shape index (κ2) is 6.75. The maximum Gasteiger partial charge on any atom is 0.406 e. The summed E-state index contributed by atoms with van der Waals surface area (Å²) >= 11 is 5.41. The van der Waals surface area contributed by atoms with Gasteiger partial charge in [0, 0.05) is 29.6 Å². The molecule has 1 aromatic carbocycles. The molecule has 21 heavy (non-hydrogen) atoms. The van der Waals surface area contributed by atoms with E-state index in [0.717, 1.165) is 0 Å². The molecular weight excluding hydrogens is 313 g/mol. The fourth-order valence-electron chi connectivity index (χ4n) is 1.79. The van der Waals surface area contributed by atoms with E-state index in [2.05, 4.69) is 0 Å². The molecule has 1 amide bonds. The zero-order valence-corrected chi connectivity index (χ0v) is 11.7. The Balaban J connectivity index is 3.15. The number of amides is 1. The van der Waals surface area contributed by atoms with E-state index in [1.165, 1.54) is 25.1 Å². The van der Waals surface area contributed by atoms with Gasteiger partial charge in [0.25, 0.3) is 11.6 Å². The van der Waals surface area contributed by atoms with Crippen LogP contribution in [0.15, 0.2) is 18.2 Å². The normalized spacial score (nSPS) is 11.3. The van der Waals surface area contributed by atoms with Crippen molar-refractivity contribution < 1.29 is 22.9 Å². The van der Waals surface area contributed by atoms with E-state index in [1.54, 1.807) is 0 Å². The summed E-state index contributed by atoms with van der Waals surface area (Å²) in [5.74, 6) is -1.11. The van der Waals surface area contributed by atoms with Crippen LogP contribution in [0.25, 0.3) is 0 Å². The van der Waals surface area contributed by atoms with Crippen LogP contribution >= 0.6 is 11.6 Å². The minimum absolute atomic E-state index is 0.0225. The van der Waals surface area contributed by atoms with Crippen LogP contribution < -0.4 is 0 Å². The zero-order valence-electron chi connectivity index (χ0n) is 11.0. The third-order valence-electron chi connectivity index (χ3n) is 2.74. The van der Waals surface area contributed by atoms with Gasteiger partial charge in [-0.2, -0.15) is 13.2 Å². The quantitative estimate of drug-likeness (QED) is 0.475. The predicted molar refractivity (Wildman–Crippen MR) is 70.5 cm³/mol. The van der Waals surface area contributed by atoms with Crippen molar-refractivity contribution in [1.82, 2.24) is 4.90 Å². The topological polar surface area (TPSA) is 63.5 Å². The smallest absolute Gasteiger partial charge is 0.328 e. The van der Waals surface area contributed by atoms with Crippen molar-refractivity contribution in [3.8, 4) is 0 Å². The number of carbonyl (C=O) groups is 1. The average Bonchev–Trinajstić information content (AvgIpc) is 2.36. The van der Waals surface area contributed by atoms with Gasteiger partial charge in [0.1, 0.15) is 6.54 Å². The van der Waals surface area contributed by atoms with E-state index in [9.17, 15) is 28.1 Å². The SMILES string of the molecule is Cc1c(C(=O)N(CCCl)CC(F)(F)F)cccc1[N+](=O)[O-]. The minimum Gasteiger partial charge on any atom is -0.328 e. The van der Waals surface area contributed by atoms with E-state index < -0.39 is 23.6 Å². The fraction of sp³-hybridized carbons (Fsp3) is 0.417. The number of benzene rings is 1. The Hall–Kier alpha value is -1.83. The van der Waals surface area contributed by atoms with Crippen LogP contribution in [0.2, 0.25) is 0 Å². The monoisotopic (exact) mass is 324 g/mol. The maximum atomic E-state index is 12.5. The molecule has 0 aliphatic heterocycles. The molecule has 0 aliphatic rings. The van der Waals surface area contributed by atoms with Crippen molar-refractivity contribution in [1.29, 1.82) is 0 Å². The third kappa shape index (κ3) is 4.59. The Morgan fingerprint density at radius 3 is 2.52 bits per heavy atom. The number of nitro groups is 1. The van der Waals surface area contributed by atoms with Crippen LogP contribution in [0, 0.1) is 17.0 Å². The number of halogens is 4. The summed E-state index contributed by atoms with van der Waals surface area (Å²) in [6.45, 7) is -0.444. The molecule has 0 spiro atoms. The van der Waals surface area contributed by atoms with Gasteiger partial charge < -0.3 is 4.90 Å². The highest BCUT2D eigenvalue weighted by molar-refractivity contribution is 6.18. The Bertz CT molecular complexity index is 549. The molecule has 116 valence electrons. The van der Waals surface area contributed by atoms with Crippen molar-refractivity contribution in [2.45, 2.75) is 13.1 Å². The molecule has 0 radical (unpaired) electrons. The van der Waals surface area contributed by atoms with Crippen molar-refractivity contribution in [2.24, 2.45) is 0 Å². The molecule has 0 N–H and O–H groups in total. The third-order valence-corrected chi connectivity index (χ3v) is 2.91. The van der Waals surface area contributed by atoms with Crippen molar-refractivity contribution in [3.63, 3.8) is 0 Å². The number of rotatable bonds is 5. The molecule has 0 bridgehead atoms. The molecular formula is C12H12ClF3N2O3. The van der Waals surface area contributed by atoms with E-state index >= 15 is 0 Å². The van der Waals surface area contributed by atoms with Crippen LogP contribution in [0.1, 0.15) is 15.9 Å². The van der Waals surface area contributed by atoms with E-state index in [-0.39, 0.29) is 29.2 Å². The Labute approximate surface area is 123 Å². The lowest BCUT2D eigenvalue weighted by Crippen LogP contribution is -2.40. The Morgan fingerprint density at radius 1 is 1.43 bits per heavy atom. The van der Waals surface area contributed by atoms with Gasteiger partial charge in [-0.05, 0) is 13.0 Å². The predicted octanol–water partition coefficient (Wildman–Crippen LogP) is 3.15. The summed E-state index contributed by atoms with van der Waals surface area (Å²) in [6.07, 6.45) is -4.57. The van der Waals surface area contributed by atoms with Crippen molar-refractivity contribution >= 4 is 23.2 Å². The van der Waals surface area contributed by atoms with Crippen LogP contribution in [0.4, 0.5) is 18.9 Å². The highest BCUT2D eigenvalue weighted by Crippen LogP contribution is 2.24. The lowest BCUT2D eigenvalue weighted by Gasteiger charge is -2.23. The molecule has 0 unspecified atom stereocenters. The molecule has 0 fully saturated rings. The van der Waals surface area contributed by atoms with Gasteiger partial charge in [-0.25, -0.2) is 0 Å². The summed E-state index contributed by atoms with van der Waals surface area (Å²) in [7, 11) is 0. The molecule has 1 aromatic rings. The van der Waals surface area contributed by atoms with Crippen molar-refractivity contribution in [2.75, 3.05) is 19.0 Å². The molecule has 0 atom stereocenters. The molecule has 0 heterocycles. The van der Waals surface area contributed by atoms with Crippen LogP contribution in [0.5, 0.6) is 0 Å².